The second kappa shape index (κ2) is 3.26. The first-order chi connectivity index (χ1) is 6.69. The normalized spacial score (nSPS) is 20.4. The van der Waals surface area contributed by atoms with Gasteiger partial charge in [0.25, 0.3) is 0 Å². The Labute approximate surface area is 83.2 Å². The van der Waals surface area contributed by atoms with E-state index in [1.807, 2.05) is 6.07 Å². The number of para-hydroxylation sites is 1. The molecule has 0 aliphatic heterocycles. The summed E-state index contributed by atoms with van der Waals surface area (Å²) in [6, 6.07) is 6.89. The topological polar surface area (TPSA) is 66.5 Å². The van der Waals surface area contributed by atoms with E-state index in [0.717, 1.165) is 12.8 Å². The van der Waals surface area contributed by atoms with E-state index in [-0.39, 0.29) is 11.2 Å². The van der Waals surface area contributed by atoms with Crippen LogP contribution in [0.3, 0.4) is 0 Å². The molecule has 1 saturated carbocycles. The lowest BCUT2D eigenvalue weighted by Gasteiger charge is -2.21. The second-order valence-corrected chi connectivity index (χ2v) is 4.03. The molecule has 3 heteroatoms. The van der Waals surface area contributed by atoms with Gasteiger partial charge in [-0.15, -0.1) is 0 Å². The largest absolute Gasteiger partial charge is 0.508 e. The standard InChI is InChI=1S/C11H15NO2/c12-7-11(5-6-11)10(14)8-3-1-2-4-9(8)13/h1-4,10,13-14H,5-7,12H2. The summed E-state index contributed by atoms with van der Waals surface area (Å²) in [5.41, 5.74) is 6.03. The smallest absolute Gasteiger partial charge is 0.121 e. The lowest BCUT2D eigenvalue weighted by atomic mass is 9.92. The van der Waals surface area contributed by atoms with Gasteiger partial charge in [-0.3, -0.25) is 0 Å². The Morgan fingerprint density at radius 3 is 2.50 bits per heavy atom. The van der Waals surface area contributed by atoms with E-state index >= 15 is 0 Å². The predicted octanol–water partition coefficient (Wildman–Crippen LogP) is 1.16. The Kier molecular flexibility index (Phi) is 2.21. The lowest BCUT2D eigenvalue weighted by molar-refractivity contribution is 0.0949. The van der Waals surface area contributed by atoms with Crippen molar-refractivity contribution in [3.63, 3.8) is 0 Å². The fourth-order valence-electron chi connectivity index (χ4n) is 1.80. The van der Waals surface area contributed by atoms with E-state index in [2.05, 4.69) is 0 Å². The molecule has 1 aliphatic carbocycles. The van der Waals surface area contributed by atoms with Gasteiger partial charge >= 0.3 is 0 Å². The number of hydrogen-bond acceptors (Lipinski definition) is 3. The molecule has 2 rings (SSSR count). The van der Waals surface area contributed by atoms with Gasteiger partial charge in [0.1, 0.15) is 5.75 Å². The molecule has 0 saturated heterocycles. The zero-order valence-corrected chi connectivity index (χ0v) is 7.98. The molecule has 1 aromatic carbocycles. The molecule has 76 valence electrons. The van der Waals surface area contributed by atoms with Crippen molar-refractivity contribution in [2.24, 2.45) is 11.1 Å². The minimum atomic E-state index is -0.631. The predicted molar refractivity (Wildman–Crippen MR) is 53.8 cm³/mol. The van der Waals surface area contributed by atoms with Gasteiger partial charge in [-0.05, 0) is 18.9 Å². The molecule has 0 amide bonds. The molecule has 0 heterocycles. The third kappa shape index (κ3) is 1.38. The van der Waals surface area contributed by atoms with Crippen LogP contribution in [0, 0.1) is 5.41 Å². The molecular weight excluding hydrogens is 178 g/mol. The first kappa shape index (κ1) is 9.49. The van der Waals surface area contributed by atoms with Crippen LogP contribution in [-0.2, 0) is 0 Å². The van der Waals surface area contributed by atoms with Crippen LogP contribution in [0.4, 0.5) is 0 Å². The highest BCUT2D eigenvalue weighted by Crippen LogP contribution is 2.55. The summed E-state index contributed by atoms with van der Waals surface area (Å²) in [4.78, 5) is 0. The molecule has 1 unspecified atom stereocenters. The third-order valence-electron chi connectivity index (χ3n) is 3.11. The summed E-state index contributed by atoms with van der Waals surface area (Å²) in [7, 11) is 0. The highest BCUT2D eigenvalue weighted by Gasteiger charge is 2.48. The van der Waals surface area contributed by atoms with Gasteiger partial charge in [-0.1, -0.05) is 18.2 Å². The fraction of sp³-hybridized carbons (Fsp3) is 0.455. The third-order valence-corrected chi connectivity index (χ3v) is 3.11. The summed E-state index contributed by atoms with van der Waals surface area (Å²) in [5.74, 6) is 0.153. The van der Waals surface area contributed by atoms with Crippen molar-refractivity contribution < 1.29 is 10.2 Å². The molecule has 14 heavy (non-hydrogen) atoms. The molecule has 0 aromatic heterocycles. The summed E-state index contributed by atoms with van der Waals surface area (Å²) in [6.45, 7) is 0.475. The van der Waals surface area contributed by atoms with E-state index in [1.54, 1.807) is 18.2 Å². The van der Waals surface area contributed by atoms with Crippen LogP contribution in [0.25, 0.3) is 0 Å². The van der Waals surface area contributed by atoms with Crippen LogP contribution >= 0.6 is 0 Å². The zero-order chi connectivity index (χ0) is 10.2. The number of phenols is 1. The van der Waals surface area contributed by atoms with E-state index in [1.165, 1.54) is 0 Å². The number of hydrogen-bond donors (Lipinski definition) is 3. The minimum absolute atomic E-state index is 0.153. The first-order valence-electron chi connectivity index (χ1n) is 4.86. The van der Waals surface area contributed by atoms with E-state index in [9.17, 15) is 10.2 Å². The van der Waals surface area contributed by atoms with Crippen LogP contribution in [0.15, 0.2) is 24.3 Å². The highest BCUT2D eigenvalue weighted by atomic mass is 16.3. The average Bonchev–Trinajstić information content (AvgIpc) is 2.98. The van der Waals surface area contributed by atoms with Crippen molar-refractivity contribution in [1.82, 2.24) is 0 Å². The number of phenolic OH excluding ortho intramolecular Hbond substituents is 1. The van der Waals surface area contributed by atoms with Crippen molar-refractivity contribution >= 4 is 0 Å². The Hall–Kier alpha value is -1.06. The molecule has 0 radical (unpaired) electrons. The lowest BCUT2D eigenvalue weighted by Crippen LogP contribution is -2.23. The van der Waals surface area contributed by atoms with Crippen molar-refractivity contribution in [2.45, 2.75) is 18.9 Å². The molecule has 0 spiro atoms. The number of rotatable bonds is 3. The second-order valence-electron chi connectivity index (χ2n) is 4.03. The molecular formula is C11H15NO2. The zero-order valence-electron chi connectivity index (χ0n) is 7.98. The monoisotopic (exact) mass is 193 g/mol. The van der Waals surface area contributed by atoms with Crippen molar-refractivity contribution in [1.29, 1.82) is 0 Å². The van der Waals surface area contributed by atoms with Gasteiger partial charge in [-0.25, -0.2) is 0 Å². The SMILES string of the molecule is NCC1(C(O)c2ccccc2O)CC1. The Morgan fingerprint density at radius 1 is 1.36 bits per heavy atom. The minimum Gasteiger partial charge on any atom is -0.508 e. The van der Waals surface area contributed by atoms with Gasteiger partial charge in [0.05, 0.1) is 6.10 Å². The van der Waals surface area contributed by atoms with Crippen LogP contribution in [0.2, 0.25) is 0 Å². The maximum absolute atomic E-state index is 10.1. The van der Waals surface area contributed by atoms with Gasteiger partial charge in [0.15, 0.2) is 0 Å². The maximum atomic E-state index is 10.1. The van der Waals surface area contributed by atoms with Gasteiger partial charge in [0, 0.05) is 17.5 Å². The van der Waals surface area contributed by atoms with Crippen molar-refractivity contribution in [3.05, 3.63) is 29.8 Å². The molecule has 1 atom stereocenters. The summed E-state index contributed by atoms with van der Waals surface area (Å²) in [5, 5.41) is 19.6. The van der Waals surface area contributed by atoms with E-state index < -0.39 is 6.10 Å². The van der Waals surface area contributed by atoms with Crippen molar-refractivity contribution in [3.8, 4) is 5.75 Å². The van der Waals surface area contributed by atoms with Gasteiger partial charge < -0.3 is 15.9 Å². The Bertz CT molecular complexity index is 334. The molecule has 0 bridgehead atoms. The quantitative estimate of drug-likeness (QED) is 0.675. The van der Waals surface area contributed by atoms with Crippen LogP contribution in [0.1, 0.15) is 24.5 Å². The van der Waals surface area contributed by atoms with E-state index in [0.29, 0.717) is 12.1 Å². The Balaban J connectivity index is 2.27. The van der Waals surface area contributed by atoms with Gasteiger partial charge in [-0.2, -0.15) is 0 Å². The molecule has 3 nitrogen and oxygen atoms in total. The van der Waals surface area contributed by atoms with Crippen LogP contribution in [0.5, 0.6) is 5.75 Å². The number of benzene rings is 1. The molecule has 4 N–H and O–H groups in total. The highest BCUT2D eigenvalue weighted by molar-refractivity contribution is 5.35. The number of aliphatic hydroxyl groups excluding tert-OH is 1. The maximum Gasteiger partial charge on any atom is 0.121 e. The molecule has 1 fully saturated rings. The number of aromatic hydroxyl groups is 1. The molecule has 1 aromatic rings. The van der Waals surface area contributed by atoms with Crippen LogP contribution in [-0.4, -0.2) is 16.8 Å². The van der Waals surface area contributed by atoms with E-state index in [4.69, 9.17) is 5.73 Å². The van der Waals surface area contributed by atoms with Crippen molar-refractivity contribution in [2.75, 3.05) is 6.54 Å². The number of aliphatic hydroxyl groups is 1. The summed E-state index contributed by atoms with van der Waals surface area (Å²) >= 11 is 0. The average molecular weight is 193 g/mol. The fourth-order valence-corrected chi connectivity index (χ4v) is 1.80. The Morgan fingerprint density at radius 2 is 2.00 bits per heavy atom. The molecule has 1 aliphatic rings. The summed E-state index contributed by atoms with van der Waals surface area (Å²) < 4.78 is 0. The van der Waals surface area contributed by atoms with Crippen LogP contribution < -0.4 is 5.73 Å². The number of nitrogens with two attached hydrogens (primary N) is 1. The summed E-state index contributed by atoms with van der Waals surface area (Å²) in [6.07, 6.45) is 1.26. The first-order valence-corrected chi connectivity index (χ1v) is 4.86. The van der Waals surface area contributed by atoms with Gasteiger partial charge in [0.2, 0.25) is 0 Å².